The van der Waals surface area contributed by atoms with Crippen LogP contribution in [0.25, 0.3) is 0 Å². The number of halogens is 2. The summed E-state index contributed by atoms with van der Waals surface area (Å²) in [5.41, 5.74) is 5.80. The molecule has 0 saturated carbocycles. The minimum atomic E-state index is -0.645. The molecule has 0 bridgehead atoms. The smallest absolute Gasteiger partial charge is 0.240 e. The molecule has 20 heavy (non-hydrogen) atoms. The van der Waals surface area contributed by atoms with Gasteiger partial charge in [-0.1, -0.05) is 26.3 Å². The number of carbonyl (C=O) groups is 1. The van der Waals surface area contributed by atoms with Gasteiger partial charge in [0.25, 0.3) is 0 Å². The third-order valence-electron chi connectivity index (χ3n) is 3.65. The van der Waals surface area contributed by atoms with Crippen LogP contribution in [0.15, 0.2) is 18.2 Å². The highest BCUT2D eigenvalue weighted by atomic mass is 19.1. The lowest BCUT2D eigenvalue weighted by molar-refractivity contribution is -0.134. The summed E-state index contributed by atoms with van der Waals surface area (Å²) in [6.45, 7) is 5.86. The average molecular weight is 284 g/mol. The van der Waals surface area contributed by atoms with Gasteiger partial charge in [0, 0.05) is 12.1 Å². The number of nitrogens with two attached hydrogens (primary N) is 1. The van der Waals surface area contributed by atoms with Crippen LogP contribution in [0.1, 0.15) is 32.8 Å². The van der Waals surface area contributed by atoms with Crippen LogP contribution in [0.2, 0.25) is 0 Å². The monoisotopic (exact) mass is 284 g/mol. The van der Waals surface area contributed by atoms with Crippen molar-refractivity contribution in [3.63, 3.8) is 0 Å². The van der Waals surface area contributed by atoms with Crippen LogP contribution in [0.5, 0.6) is 0 Å². The Bertz CT molecular complexity index is 445. The molecule has 0 fully saturated rings. The summed E-state index contributed by atoms with van der Waals surface area (Å²) in [5, 5.41) is 0. The van der Waals surface area contributed by atoms with Crippen LogP contribution in [0.4, 0.5) is 8.78 Å². The van der Waals surface area contributed by atoms with Crippen LogP contribution in [0, 0.1) is 17.6 Å². The van der Waals surface area contributed by atoms with Gasteiger partial charge in [-0.15, -0.1) is 0 Å². The van der Waals surface area contributed by atoms with E-state index >= 15 is 0 Å². The van der Waals surface area contributed by atoms with Crippen molar-refractivity contribution in [3.8, 4) is 0 Å². The Balaban J connectivity index is 2.89. The van der Waals surface area contributed by atoms with E-state index in [1.165, 1.54) is 23.1 Å². The summed E-state index contributed by atoms with van der Waals surface area (Å²) < 4.78 is 27.3. The Hall–Kier alpha value is -1.49. The van der Waals surface area contributed by atoms with Gasteiger partial charge in [-0.05, 0) is 25.0 Å². The third-order valence-corrected chi connectivity index (χ3v) is 3.65. The van der Waals surface area contributed by atoms with Gasteiger partial charge in [-0.2, -0.15) is 0 Å². The van der Waals surface area contributed by atoms with E-state index in [-0.39, 0.29) is 23.9 Å². The first-order chi connectivity index (χ1) is 9.42. The van der Waals surface area contributed by atoms with Crippen LogP contribution in [-0.4, -0.2) is 23.4 Å². The molecule has 5 heteroatoms. The molecule has 0 aliphatic heterocycles. The average Bonchev–Trinajstić information content (AvgIpc) is 2.44. The Morgan fingerprint density at radius 3 is 2.30 bits per heavy atom. The Labute approximate surface area is 118 Å². The molecule has 1 amide bonds. The van der Waals surface area contributed by atoms with Crippen molar-refractivity contribution in [3.05, 3.63) is 35.4 Å². The first-order valence-corrected chi connectivity index (χ1v) is 6.89. The third kappa shape index (κ3) is 3.76. The van der Waals surface area contributed by atoms with E-state index in [1.807, 2.05) is 13.8 Å². The van der Waals surface area contributed by atoms with Crippen molar-refractivity contribution >= 4 is 5.91 Å². The highest BCUT2D eigenvalue weighted by Gasteiger charge is 2.25. The molecule has 0 aliphatic carbocycles. The molecule has 2 atom stereocenters. The SMILES string of the molecule is CCC(C)C(N)C(=O)N(CC)Cc1c(F)cccc1F. The standard InChI is InChI=1S/C15H22F2N2O/c1-4-10(3)14(18)15(20)19(5-2)9-11-12(16)7-6-8-13(11)17/h6-8,10,14H,4-5,9,18H2,1-3H3. The van der Waals surface area contributed by atoms with Crippen molar-refractivity contribution in [1.29, 1.82) is 0 Å². The van der Waals surface area contributed by atoms with E-state index in [9.17, 15) is 13.6 Å². The maximum atomic E-state index is 13.6. The Morgan fingerprint density at radius 2 is 1.85 bits per heavy atom. The second-order valence-corrected chi connectivity index (χ2v) is 4.96. The molecule has 1 aromatic rings. The summed E-state index contributed by atoms with van der Waals surface area (Å²) in [6, 6.07) is 3.03. The Kier molecular flexibility index (Phi) is 6.07. The minimum Gasteiger partial charge on any atom is -0.337 e. The minimum absolute atomic E-state index is 0.0296. The van der Waals surface area contributed by atoms with Gasteiger partial charge in [0.05, 0.1) is 12.6 Å². The quantitative estimate of drug-likeness (QED) is 0.873. The molecule has 1 rings (SSSR count). The first-order valence-electron chi connectivity index (χ1n) is 6.89. The van der Waals surface area contributed by atoms with Gasteiger partial charge < -0.3 is 10.6 Å². The molecule has 3 nitrogen and oxygen atoms in total. The number of nitrogens with zero attached hydrogens (tertiary/aromatic N) is 1. The largest absolute Gasteiger partial charge is 0.337 e. The van der Waals surface area contributed by atoms with E-state index in [2.05, 4.69) is 0 Å². The van der Waals surface area contributed by atoms with E-state index in [0.717, 1.165) is 6.42 Å². The number of benzene rings is 1. The zero-order valence-electron chi connectivity index (χ0n) is 12.2. The van der Waals surface area contributed by atoms with Crippen molar-refractivity contribution < 1.29 is 13.6 Å². The Morgan fingerprint density at radius 1 is 1.30 bits per heavy atom. The van der Waals surface area contributed by atoms with Gasteiger partial charge in [0.1, 0.15) is 11.6 Å². The number of hydrogen-bond acceptors (Lipinski definition) is 2. The lowest BCUT2D eigenvalue weighted by Gasteiger charge is -2.27. The van der Waals surface area contributed by atoms with Crippen molar-refractivity contribution in [2.24, 2.45) is 11.7 Å². The molecule has 2 unspecified atom stereocenters. The molecule has 0 saturated heterocycles. The van der Waals surface area contributed by atoms with E-state index < -0.39 is 17.7 Å². The van der Waals surface area contributed by atoms with Gasteiger partial charge in [-0.25, -0.2) is 8.78 Å². The normalized spacial score (nSPS) is 13.9. The number of rotatable bonds is 6. The fourth-order valence-corrected chi connectivity index (χ4v) is 1.93. The summed E-state index contributed by atoms with van der Waals surface area (Å²) in [4.78, 5) is 13.6. The zero-order chi connectivity index (χ0) is 15.3. The number of likely N-dealkylation sites (N-methyl/N-ethyl adjacent to an activating group) is 1. The fourth-order valence-electron chi connectivity index (χ4n) is 1.93. The lowest BCUT2D eigenvalue weighted by Crippen LogP contribution is -2.46. The summed E-state index contributed by atoms with van der Waals surface area (Å²) >= 11 is 0. The maximum Gasteiger partial charge on any atom is 0.240 e. The topological polar surface area (TPSA) is 46.3 Å². The van der Waals surface area contributed by atoms with Crippen LogP contribution >= 0.6 is 0 Å². The zero-order valence-corrected chi connectivity index (χ0v) is 12.2. The van der Waals surface area contributed by atoms with E-state index in [0.29, 0.717) is 6.54 Å². The molecule has 0 aromatic heterocycles. The van der Waals surface area contributed by atoms with Gasteiger partial charge in [-0.3, -0.25) is 4.79 Å². The number of amides is 1. The predicted octanol–water partition coefficient (Wildman–Crippen LogP) is 2.69. The molecular weight excluding hydrogens is 262 g/mol. The van der Waals surface area contributed by atoms with E-state index in [1.54, 1.807) is 6.92 Å². The molecular formula is C15H22F2N2O. The van der Waals surface area contributed by atoms with Gasteiger partial charge >= 0.3 is 0 Å². The second-order valence-electron chi connectivity index (χ2n) is 4.96. The molecule has 1 aromatic carbocycles. The predicted molar refractivity (Wildman–Crippen MR) is 74.9 cm³/mol. The second kappa shape index (κ2) is 7.33. The molecule has 0 radical (unpaired) electrons. The van der Waals surface area contributed by atoms with Crippen molar-refractivity contribution in [2.75, 3.05) is 6.54 Å². The fraction of sp³-hybridized carbons (Fsp3) is 0.533. The highest BCUT2D eigenvalue weighted by molar-refractivity contribution is 5.81. The highest BCUT2D eigenvalue weighted by Crippen LogP contribution is 2.16. The summed E-state index contributed by atoms with van der Waals surface area (Å²) in [6.07, 6.45) is 0.776. The lowest BCUT2D eigenvalue weighted by atomic mass is 9.98. The van der Waals surface area contributed by atoms with Gasteiger partial charge in [0.2, 0.25) is 5.91 Å². The molecule has 112 valence electrons. The van der Waals surface area contributed by atoms with Crippen LogP contribution < -0.4 is 5.73 Å². The molecule has 2 N–H and O–H groups in total. The van der Waals surface area contributed by atoms with Crippen LogP contribution in [0.3, 0.4) is 0 Å². The number of hydrogen-bond donors (Lipinski definition) is 1. The van der Waals surface area contributed by atoms with E-state index in [4.69, 9.17) is 5.73 Å². The van der Waals surface area contributed by atoms with Gasteiger partial charge in [0.15, 0.2) is 0 Å². The van der Waals surface area contributed by atoms with Crippen LogP contribution in [-0.2, 0) is 11.3 Å². The molecule has 0 heterocycles. The number of carbonyl (C=O) groups excluding carboxylic acids is 1. The molecule has 0 aliphatic rings. The summed E-state index contributed by atoms with van der Waals surface area (Å²) in [7, 11) is 0. The molecule has 0 spiro atoms. The van der Waals surface area contributed by atoms with Crippen molar-refractivity contribution in [2.45, 2.75) is 39.8 Å². The first kappa shape index (κ1) is 16.6. The summed E-state index contributed by atoms with van der Waals surface area (Å²) in [5.74, 6) is -1.53. The maximum absolute atomic E-state index is 13.6. The van der Waals surface area contributed by atoms with Crippen molar-refractivity contribution in [1.82, 2.24) is 4.90 Å².